The van der Waals surface area contributed by atoms with Gasteiger partial charge in [-0.3, -0.25) is 4.72 Å². The highest BCUT2D eigenvalue weighted by Crippen LogP contribution is 2.35. The number of halogens is 3. The van der Waals surface area contributed by atoms with Gasteiger partial charge in [-0.05, 0) is 36.4 Å². The first-order valence-electron chi connectivity index (χ1n) is 6.62. The van der Waals surface area contributed by atoms with Crippen LogP contribution in [0.25, 0.3) is 10.9 Å². The number of fused-ring (bicyclic) bond motifs is 1. The molecule has 0 atom stereocenters. The Labute approximate surface area is 152 Å². The number of hydrogen-bond donors (Lipinski definition) is 2. The average Bonchev–Trinajstić information content (AvgIpc) is 2.92. The number of aromatic nitrogens is 1. The maximum atomic E-state index is 12.9. The Morgan fingerprint density at radius 1 is 0.880 bits per heavy atom. The number of rotatable bonds is 4. The van der Waals surface area contributed by atoms with Gasteiger partial charge in [0.2, 0.25) is 0 Å². The van der Waals surface area contributed by atoms with E-state index >= 15 is 0 Å². The van der Waals surface area contributed by atoms with Crippen molar-refractivity contribution < 1.29 is 20.7 Å². The molecule has 1 heterocycles. The molecular formula is C14H9Cl2FN2O4S2. The summed E-state index contributed by atoms with van der Waals surface area (Å²) in [7, 11) is -8.95. The second kappa shape index (κ2) is 6.17. The van der Waals surface area contributed by atoms with Gasteiger partial charge in [-0.25, -0.2) is 8.42 Å². The van der Waals surface area contributed by atoms with Crippen molar-refractivity contribution in [2.45, 2.75) is 9.79 Å². The Morgan fingerprint density at radius 2 is 1.48 bits per heavy atom. The second-order valence-corrected chi connectivity index (χ2v) is 8.84. The topological polar surface area (TPSA) is 96.1 Å². The summed E-state index contributed by atoms with van der Waals surface area (Å²) in [5.41, 5.74) is 0.595. The highest BCUT2D eigenvalue weighted by Gasteiger charge is 2.19. The summed E-state index contributed by atoms with van der Waals surface area (Å²) in [6.07, 6.45) is 1.47. The average molecular weight is 423 g/mol. The van der Waals surface area contributed by atoms with Gasteiger partial charge in [0.1, 0.15) is 0 Å². The molecule has 0 aliphatic carbocycles. The van der Waals surface area contributed by atoms with Crippen molar-refractivity contribution in [2.24, 2.45) is 0 Å². The van der Waals surface area contributed by atoms with Crippen LogP contribution in [0.4, 0.5) is 9.57 Å². The molecule has 3 aromatic rings. The Hall–Kier alpha value is -1.81. The van der Waals surface area contributed by atoms with Crippen LogP contribution in [0.3, 0.4) is 0 Å². The number of H-pyrrole nitrogens is 1. The number of anilines is 1. The number of sulfonamides is 1. The summed E-state index contributed by atoms with van der Waals surface area (Å²) in [4.78, 5) is 1.96. The minimum atomic E-state index is -4.90. The van der Waals surface area contributed by atoms with Crippen molar-refractivity contribution in [1.82, 2.24) is 4.98 Å². The third kappa shape index (κ3) is 3.45. The molecule has 0 bridgehead atoms. The minimum absolute atomic E-state index is 0.202. The lowest BCUT2D eigenvalue weighted by Crippen LogP contribution is -2.13. The first-order chi connectivity index (χ1) is 11.6. The van der Waals surface area contributed by atoms with E-state index in [1.54, 1.807) is 0 Å². The lowest BCUT2D eigenvalue weighted by atomic mass is 10.2. The number of nitrogens with one attached hydrogen (secondary N) is 2. The van der Waals surface area contributed by atoms with Gasteiger partial charge in [0.25, 0.3) is 10.0 Å². The van der Waals surface area contributed by atoms with E-state index in [4.69, 9.17) is 23.2 Å². The van der Waals surface area contributed by atoms with E-state index in [0.717, 1.165) is 24.3 Å². The quantitative estimate of drug-likeness (QED) is 0.622. The molecule has 0 amide bonds. The Bertz CT molecular complexity index is 1170. The SMILES string of the molecule is O=S(=O)(F)c1ccc(S(=O)(=O)Nc2ccc(Cl)c3c(Cl)c[nH]c23)cc1. The molecule has 6 nitrogen and oxygen atoms in total. The lowest BCUT2D eigenvalue weighted by Gasteiger charge is -2.10. The molecule has 0 fully saturated rings. The molecule has 2 N–H and O–H groups in total. The molecule has 0 radical (unpaired) electrons. The van der Waals surface area contributed by atoms with Gasteiger partial charge in [0, 0.05) is 11.6 Å². The van der Waals surface area contributed by atoms with Crippen molar-refractivity contribution in [3.8, 4) is 0 Å². The fourth-order valence-corrected chi connectivity index (χ4v) is 4.33. The minimum Gasteiger partial charge on any atom is -0.358 e. The highest BCUT2D eigenvalue weighted by molar-refractivity contribution is 7.92. The van der Waals surface area contributed by atoms with E-state index in [9.17, 15) is 20.7 Å². The van der Waals surface area contributed by atoms with Crippen LogP contribution in [0, 0.1) is 0 Å². The third-order valence-corrected chi connectivity index (χ3v) is 6.23. The summed E-state index contributed by atoms with van der Waals surface area (Å²) in [6, 6.07) is 6.66. The van der Waals surface area contributed by atoms with E-state index in [-0.39, 0.29) is 10.6 Å². The Kier molecular flexibility index (Phi) is 4.44. The molecule has 132 valence electrons. The number of hydrogen-bond acceptors (Lipinski definition) is 4. The largest absolute Gasteiger partial charge is 0.358 e. The van der Waals surface area contributed by atoms with Crippen LogP contribution in [-0.2, 0) is 20.2 Å². The predicted molar refractivity (Wildman–Crippen MR) is 93.9 cm³/mol. The van der Waals surface area contributed by atoms with Crippen LogP contribution in [0.15, 0.2) is 52.4 Å². The van der Waals surface area contributed by atoms with Crippen LogP contribution in [0.2, 0.25) is 10.0 Å². The Balaban J connectivity index is 2.01. The van der Waals surface area contributed by atoms with Gasteiger partial charge in [-0.2, -0.15) is 8.42 Å². The van der Waals surface area contributed by atoms with Gasteiger partial charge in [-0.15, -0.1) is 3.89 Å². The zero-order valence-corrected chi connectivity index (χ0v) is 15.3. The van der Waals surface area contributed by atoms with Crippen LogP contribution in [0.1, 0.15) is 0 Å². The van der Waals surface area contributed by atoms with Crippen LogP contribution < -0.4 is 4.72 Å². The second-order valence-electron chi connectivity index (χ2n) is 5.00. The summed E-state index contributed by atoms with van der Waals surface area (Å²) in [5, 5.41) is 1.14. The molecule has 1 aromatic heterocycles. The van der Waals surface area contributed by atoms with E-state index in [2.05, 4.69) is 9.71 Å². The molecule has 3 rings (SSSR count). The van der Waals surface area contributed by atoms with Crippen molar-refractivity contribution in [2.75, 3.05) is 4.72 Å². The molecule has 25 heavy (non-hydrogen) atoms. The van der Waals surface area contributed by atoms with E-state index < -0.39 is 25.1 Å². The molecule has 0 aliphatic heterocycles. The summed E-state index contributed by atoms with van der Waals surface area (Å²) in [6.45, 7) is 0. The molecule has 0 saturated carbocycles. The summed E-state index contributed by atoms with van der Waals surface area (Å²) in [5.74, 6) is 0. The van der Waals surface area contributed by atoms with Crippen molar-refractivity contribution in [3.63, 3.8) is 0 Å². The van der Waals surface area contributed by atoms with Gasteiger partial charge in [-0.1, -0.05) is 23.2 Å². The van der Waals surface area contributed by atoms with Crippen molar-refractivity contribution >= 4 is 60.0 Å². The molecular weight excluding hydrogens is 414 g/mol. The zero-order chi connectivity index (χ0) is 18.4. The molecule has 11 heteroatoms. The number of aromatic amines is 1. The van der Waals surface area contributed by atoms with Crippen LogP contribution in [-0.4, -0.2) is 21.8 Å². The fourth-order valence-electron chi connectivity index (χ4n) is 2.24. The summed E-state index contributed by atoms with van der Waals surface area (Å²) >= 11 is 12.1. The fraction of sp³-hybridized carbons (Fsp3) is 0. The van der Waals surface area contributed by atoms with E-state index in [0.29, 0.717) is 20.9 Å². The monoisotopic (exact) mass is 422 g/mol. The number of benzene rings is 2. The standard InChI is InChI=1S/C14H9Cl2FN2O4S2/c15-10-5-6-12(14-13(10)11(16)7-18-14)19-25(22,23)9-3-1-8(2-4-9)24(17,20)21/h1-7,18-19H. The molecule has 0 unspecified atom stereocenters. The van der Waals surface area contributed by atoms with Gasteiger partial charge < -0.3 is 4.98 Å². The van der Waals surface area contributed by atoms with Crippen molar-refractivity contribution in [3.05, 3.63) is 52.6 Å². The normalized spacial score (nSPS) is 12.4. The van der Waals surface area contributed by atoms with E-state index in [1.807, 2.05) is 0 Å². The predicted octanol–water partition coefficient (Wildman–Crippen LogP) is 3.93. The van der Waals surface area contributed by atoms with Gasteiger partial charge in [0.05, 0.1) is 31.0 Å². The van der Waals surface area contributed by atoms with Gasteiger partial charge >= 0.3 is 10.2 Å². The lowest BCUT2D eigenvalue weighted by molar-refractivity contribution is 0.551. The summed E-state index contributed by atoms with van der Waals surface area (Å²) < 4.78 is 61.8. The third-order valence-electron chi connectivity index (χ3n) is 3.40. The zero-order valence-electron chi connectivity index (χ0n) is 12.1. The molecule has 0 spiro atoms. The highest BCUT2D eigenvalue weighted by atomic mass is 35.5. The first-order valence-corrected chi connectivity index (χ1v) is 10.2. The molecule has 2 aromatic carbocycles. The maximum Gasteiger partial charge on any atom is 0.332 e. The maximum absolute atomic E-state index is 12.9. The van der Waals surface area contributed by atoms with E-state index in [1.165, 1.54) is 18.3 Å². The van der Waals surface area contributed by atoms with Gasteiger partial charge in [0.15, 0.2) is 0 Å². The van der Waals surface area contributed by atoms with Crippen LogP contribution >= 0.6 is 23.2 Å². The smallest absolute Gasteiger partial charge is 0.332 e. The molecule has 0 saturated heterocycles. The first kappa shape index (κ1) is 18.0. The molecule has 0 aliphatic rings. The van der Waals surface area contributed by atoms with Crippen molar-refractivity contribution in [1.29, 1.82) is 0 Å². The Morgan fingerprint density at radius 3 is 2.08 bits per heavy atom. The van der Waals surface area contributed by atoms with Crippen LogP contribution in [0.5, 0.6) is 0 Å².